The highest BCUT2D eigenvalue weighted by Gasteiger charge is 2.24. The van der Waals surface area contributed by atoms with Gasteiger partial charge in [-0.05, 0) is 24.6 Å². The first-order chi connectivity index (χ1) is 14.2. The molecule has 0 radical (unpaired) electrons. The van der Waals surface area contributed by atoms with Gasteiger partial charge in [0.15, 0.2) is 0 Å². The normalized spacial score (nSPS) is 15.1. The van der Waals surface area contributed by atoms with Gasteiger partial charge >= 0.3 is 6.01 Å². The Morgan fingerprint density at radius 3 is 2.69 bits per heavy atom. The molecule has 0 spiro atoms. The summed E-state index contributed by atoms with van der Waals surface area (Å²) < 4.78 is 6.00. The van der Waals surface area contributed by atoms with E-state index in [4.69, 9.17) is 4.42 Å². The van der Waals surface area contributed by atoms with Gasteiger partial charge in [-0.25, -0.2) is 0 Å². The minimum atomic E-state index is -0.397. The van der Waals surface area contributed by atoms with Crippen molar-refractivity contribution in [3.05, 3.63) is 77.2 Å². The third kappa shape index (κ3) is 4.98. The van der Waals surface area contributed by atoms with Crippen LogP contribution in [0.25, 0.3) is 0 Å². The van der Waals surface area contributed by atoms with Gasteiger partial charge in [0.05, 0.1) is 0 Å². The van der Waals surface area contributed by atoms with Crippen LogP contribution < -0.4 is 10.2 Å². The summed E-state index contributed by atoms with van der Waals surface area (Å²) in [4.78, 5) is 15.0. The molecule has 29 heavy (non-hydrogen) atoms. The number of amides is 1. The lowest BCUT2D eigenvalue weighted by atomic mass is 10.0. The van der Waals surface area contributed by atoms with E-state index in [2.05, 4.69) is 20.4 Å². The fraction of sp³-hybridized carbons (Fsp3) is 0.318. The Morgan fingerprint density at radius 1 is 1.14 bits per heavy atom. The SMILES string of the molecule is Cc1cccc(C(=O)N[C@@H](Cc2ccccc2)c2nnc(N3CCSCC3)o2)c1. The predicted molar refractivity (Wildman–Crippen MR) is 115 cm³/mol. The van der Waals surface area contributed by atoms with Crippen molar-refractivity contribution in [2.75, 3.05) is 29.5 Å². The molecule has 1 N–H and O–H groups in total. The van der Waals surface area contributed by atoms with Gasteiger partial charge in [-0.3, -0.25) is 4.79 Å². The summed E-state index contributed by atoms with van der Waals surface area (Å²) in [7, 11) is 0. The van der Waals surface area contributed by atoms with E-state index in [1.165, 1.54) is 0 Å². The van der Waals surface area contributed by atoms with Gasteiger partial charge in [0.1, 0.15) is 6.04 Å². The van der Waals surface area contributed by atoms with Crippen LogP contribution in [0.4, 0.5) is 6.01 Å². The molecule has 1 amide bonds. The van der Waals surface area contributed by atoms with Gasteiger partial charge in [-0.15, -0.1) is 5.10 Å². The van der Waals surface area contributed by atoms with Crippen molar-refractivity contribution in [2.24, 2.45) is 0 Å². The molecule has 1 atom stereocenters. The van der Waals surface area contributed by atoms with E-state index in [-0.39, 0.29) is 5.91 Å². The van der Waals surface area contributed by atoms with Crippen LogP contribution in [0.2, 0.25) is 0 Å². The van der Waals surface area contributed by atoms with Crippen molar-refractivity contribution < 1.29 is 9.21 Å². The Kier molecular flexibility index (Phi) is 6.14. The maximum Gasteiger partial charge on any atom is 0.318 e. The van der Waals surface area contributed by atoms with Crippen molar-refractivity contribution in [1.29, 1.82) is 0 Å². The zero-order valence-corrected chi connectivity index (χ0v) is 17.2. The Bertz CT molecular complexity index is 954. The number of nitrogens with zero attached hydrogens (tertiary/aromatic N) is 3. The number of carbonyl (C=O) groups is 1. The summed E-state index contributed by atoms with van der Waals surface area (Å²) in [6.07, 6.45) is 0.579. The van der Waals surface area contributed by atoms with Crippen LogP contribution >= 0.6 is 11.8 Å². The van der Waals surface area contributed by atoms with E-state index in [9.17, 15) is 4.79 Å². The van der Waals surface area contributed by atoms with Crippen molar-refractivity contribution in [2.45, 2.75) is 19.4 Å². The number of carbonyl (C=O) groups excluding carboxylic acids is 1. The molecule has 4 rings (SSSR count). The lowest BCUT2D eigenvalue weighted by Crippen LogP contribution is -2.32. The third-order valence-electron chi connectivity index (χ3n) is 4.88. The maximum atomic E-state index is 12.9. The van der Waals surface area contributed by atoms with E-state index < -0.39 is 6.04 Å². The van der Waals surface area contributed by atoms with Gasteiger partial charge in [-0.1, -0.05) is 53.1 Å². The first-order valence-electron chi connectivity index (χ1n) is 9.76. The minimum absolute atomic E-state index is 0.149. The van der Waals surface area contributed by atoms with Crippen LogP contribution in [0, 0.1) is 6.92 Å². The number of nitrogens with one attached hydrogen (secondary N) is 1. The Hall–Kier alpha value is -2.80. The summed E-state index contributed by atoms with van der Waals surface area (Å²) in [5.74, 6) is 2.39. The zero-order valence-electron chi connectivity index (χ0n) is 16.4. The smallest absolute Gasteiger partial charge is 0.318 e. The number of aryl methyl sites for hydroxylation is 1. The summed E-state index contributed by atoms with van der Waals surface area (Å²) in [6.45, 7) is 3.76. The molecule has 1 saturated heterocycles. The van der Waals surface area contributed by atoms with Crippen LogP contribution in [-0.4, -0.2) is 40.7 Å². The number of hydrogen-bond donors (Lipinski definition) is 1. The molecular formula is C22H24N4O2S. The number of rotatable bonds is 6. The van der Waals surface area contributed by atoms with Crippen LogP contribution in [-0.2, 0) is 6.42 Å². The van der Waals surface area contributed by atoms with Gasteiger partial charge in [0.2, 0.25) is 5.89 Å². The highest BCUT2D eigenvalue weighted by atomic mass is 32.2. The molecule has 2 heterocycles. The fourth-order valence-corrected chi connectivity index (χ4v) is 4.23. The second kappa shape index (κ2) is 9.13. The average molecular weight is 409 g/mol. The fourth-order valence-electron chi connectivity index (χ4n) is 3.33. The number of anilines is 1. The molecule has 0 saturated carbocycles. The van der Waals surface area contributed by atoms with Crippen molar-refractivity contribution >= 4 is 23.7 Å². The third-order valence-corrected chi connectivity index (χ3v) is 5.82. The topological polar surface area (TPSA) is 71.3 Å². The lowest BCUT2D eigenvalue weighted by molar-refractivity contribution is 0.0930. The molecule has 0 aliphatic carbocycles. The highest BCUT2D eigenvalue weighted by molar-refractivity contribution is 7.99. The van der Waals surface area contributed by atoms with E-state index in [0.717, 1.165) is 35.7 Å². The first kappa shape index (κ1) is 19.5. The Balaban J connectivity index is 1.56. The molecule has 1 aromatic heterocycles. The number of thioether (sulfide) groups is 1. The van der Waals surface area contributed by atoms with Gasteiger partial charge in [-0.2, -0.15) is 11.8 Å². The van der Waals surface area contributed by atoms with Crippen LogP contribution in [0.3, 0.4) is 0 Å². The molecule has 7 heteroatoms. The molecule has 2 aromatic carbocycles. The summed E-state index contributed by atoms with van der Waals surface area (Å²) >= 11 is 1.93. The summed E-state index contributed by atoms with van der Waals surface area (Å²) in [6, 6.07) is 17.7. The molecule has 6 nitrogen and oxygen atoms in total. The largest absolute Gasteiger partial charge is 0.406 e. The molecule has 150 valence electrons. The molecule has 0 bridgehead atoms. The van der Waals surface area contributed by atoms with Crippen molar-refractivity contribution in [3.63, 3.8) is 0 Å². The quantitative estimate of drug-likeness (QED) is 0.671. The summed E-state index contributed by atoms with van der Waals surface area (Å²) in [5.41, 5.74) is 2.76. The van der Waals surface area contributed by atoms with Crippen LogP contribution in [0.5, 0.6) is 0 Å². The second-order valence-corrected chi connectivity index (χ2v) is 8.33. The maximum absolute atomic E-state index is 12.9. The lowest BCUT2D eigenvalue weighted by Gasteiger charge is -2.24. The van der Waals surface area contributed by atoms with E-state index in [0.29, 0.717) is 23.9 Å². The molecule has 1 fully saturated rings. The molecule has 3 aromatic rings. The monoisotopic (exact) mass is 408 g/mol. The molecular weight excluding hydrogens is 384 g/mol. The number of benzene rings is 2. The van der Waals surface area contributed by atoms with Crippen LogP contribution in [0.15, 0.2) is 59.0 Å². The van der Waals surface area contributed by atoms with E-state index >= 15 is 0 Å². The van der Waals surface area contributed by atoms with E-state index in [1.54, 1.807) is 0 Å². The summed E-state index contributed by atoms with van der Waals surface area (Å²) in [5, 5.41) is 11.6. The highest BCUT2D eigenvalue weighted by Crippen LogP contribution is 2.23. The standard InChI is InChI=1S/C22H24N4O2S/c1-16-6-5-9-18(14-16)20(27)23-19(15-17-7-3-2-4-8-17)21-24-25-22(28-21)26-10-12-29-13-11-26/h2-9,14,19H,10-13,15H2,1H3,(H,23,27)/t19-/m0/s1. The molecule has 1 aliphatic heterocycles. The first-order valence-corrected chi connectivity index (χ1v) is 10.9. The van der Waals surface area contributed by atoms with E-state index in [1.807, 2.05) is 73.3 Å². The second-order valence-electron chi connectivity index (χ2n) is 7.11. The van der Waals surface area contributed by atoms with Gasteiger partial charge in [0, 0.05) is 36.6 Å². The minimum Gasteiger partial charge on any atom is -0.406 e. The predicted octanol–water partition coefficient (Wildman–Crippen LogP) is 3.65. The number of aromatic nitrogens is 2. The van der Waals surface area contributed by atoms with Gasteiger partial charge in [0.25, 0.3) is 5.91 Å². The zero-order chi connectivity index (χ0) is 20.1. The average Bonchev–Trinajstić information content (AvgIpc) is 3.25. The van der Waals surface area contributed by atoms with Crippen molar-refractivity contribution in [1.82, 2.24) is 15.5 Å². The molecule has 1 aliphatic rings. The van der Waals surface area contributed by atoms with Crippen molar-refractivity contribution in [3.8, 4) is 0 Å². The Morgan fingerprint density at radius 2 is 1.93 bits per heavy atom. The Labute approximate surface area is 174 Å². The number of hydrogen-bond acceptors (Lipinski definition) is 6. The van der Waals surface area contributed by atoms with Gasteiger partial charge < -0.3 is 14.6 Å². The van der Waals surface area contributed by atoms with Crippen LogP contribution in [0.1, 0.15) is 33.4 Å². The molecule has 0 unspecified atom stereocenters.